The molecule has 4 aromatic heterocycles. The third-order valence-corrected chi connectivity index (χ3v) is 4.79. The van der Waals surface area contributed by atoms with Crippen LogP contribution < -0.4 is 10.1 Å². The first-order valence-electron chi connectivity index (χ1n) is 8.92. The fraction of sp³-hybridized carbons (Fsp3) is 0.316. The highest BCUT2D eigenvalue weighted by molar-refractivity contribution is 5.81. The fourth-order valence-corrected chi connectivity index (χ4v) is 3.42. The van der Waals surface area contributed by atoms with Gasteiger partial charge in [0.25, 0.3) is 0 Å². The van der Waals surface area contributed by atoms with Gasteiger partial charge in [0.2, 0.25) is 5.88 Å². The van der Waals surface area contributed by atoms with Crippen LogP contribution >= 0.6 is 0 Å². The molecule has 1 aliphatic heterocycles. The lowest BCUT2D eigenvalue weighted by atomic mass is 10.2. The molecule has 0 aromatic carbocycles. The Hall–Kier alpha value is -2.93. The molecule has 1 fully saturated rings. The summed E-state index contributed by atoms with van der Waals surface area (Å²) in [6, 6.07) is 8.13. The first-order valence-corrected chi connectivity index (χ1v) is 8.92. The van der Waals surface area contributed by atoms with Gasteiger partial charge in [-0.05, 0) is 44.0 Å². The van der Waals surface area contributed by atoms with Crippen LogP contribution in [0.2, 0.25) is 0 Å². The summed E-state index contributed by atoms with van der Waals surface area (Å²) in [5, 5.41) is 9.01. The zero-order valence-electron chi connectivity index (χ0n) is 14.3. The minimum absolute atomic E-state index is 0.562. The highest BCUT2D eigenvalue weighted by Crippen LogP contribution is 2.27. The van der Waals surface area contributed by atoms with Gasteiger partial charge in [0, 0.05) is 29.9 Å². The summed E-state index contributed by atoms with van der Waals surface area (Å²) < 4.78 is 13.5. The lowest BCUT2D eigenvalue weighted by Gasteiger charge is -2.10. The van der Waals surface area contributed by atoms with Gasteiger partial charge in [-0.15, -0.1) is 5.10 Å². The van der Waals surface area contributed by atoms with Crippen LogP contribution in [-0.4, -0.2) is 38.8 Å². The van der Waals surface area contributed by atoms with E-state index in [1.165, 1.54) is 12.8 Å². The van der Waals surface area contributed by atoms with Crippen molar-refractivity contribution in [2.45, 2.75) is 25.3 Å². The van der Waals surface area contributed by atoms with Crippen LogP contribution in [-0.2, 0) is 0 Å². The summed E-state index contributed by atoms with van der Waals surface area (Å²) in [7, 11) is 0. The summed E-state index contributed by atoms with van der Waals surface area (Å²) >= 11 is 0. The van der Waals surface area contributed by atoms with Crippen LogP contribution in [0, 0.1) is 0 Å². The third-order valence-electron chi connectivity index (χ3n) is 4.79. The molecule has 0 aliphatic carbocycles. The second-order valence-corrected chi connectivity index (χ2v) is 6.54. The van der Waals surface area contributed by atoms with Crippen molar-refractivity contribution in [2.24, 2.45) is 0 Å². The number of hydrogen-bond donors (Lipinski definition) is 1. The van der Waals surface area contributed by atoms with Gasteiger partial charge < -0.3 is 14.5 Å². The summed E-state index contributed by atoms with van der Waals surface area (Å²) in [5.41, 5.74) is 2.34. The Labute approximate surface area is 150 Å². The second-order valence-electron chi connectivity index (χ2n) is 6.54. The molecule has 5 rings (SSSR count). The van der Waals surface area contributed by atoms with E-state index in [4.69, 9.17) is 9.15 Å². The van der Waals surface area contributed by atoms with Crippen LogP contribution in [0.25, 0.3) is 28.1 Å². The van der Waals surface area contributed by atoms with Crippen LogP contribution in [0.1, 0.15) is 19.3 Å². The normalized spacial score (nSPS) is 17.3. The Bertz CT molecular complexity index is 1020. The van der Waals surface area contributed by atoms with Crippen molar-refractivity contribution in [3.8, 4) is 17.3 Å². The molecule has 1 unspecified atom stereocenters. The van der Waals surface area contributed by atoms with Gasteiger partial charge in [-0.3, -0.25) is 4.98 Å². The molecule has 1 aliphatic rings. The van der Waals surface area contributed by atoms with E-state index < -0.39 is 0 Å². The lowest BCUT2D eigenvalue weighted by molar-refractivity contribution is 0.278. The number of fused-ring (bicyclic) bond motifs is 2. The smallest absolute Gasteiger partial charge is 0.231 e. The van der Waals surface area contributed by atoms with E-state index >= 15 is 0 Å². The van der Waals surface area contributed by atoms with Crippen LogP contribution in [0.5, 0.6) is 5.88 Å². The van der Waals surface area contributed by atoms with Gasteiger partial charge in [-0.25, -0.2) is 9.50 Å². The zero-order chi connectivity index (χ0) is 17.3. The number of furan rings is 1. The molecule has 1 atom stereocenters. The molecule has 26 heavy (non-hydrogen) atoms. The highest BCUT2D eigenvalue weighted by atomic mass is 16.5. The quantitative estimate of drug-likeness (QED) is 0.597. The van der Waals surface area contributed by atoms with E-state index in [0.29, 0.717) is 24.3 Å². The minimum Gasteiger partial charge on any atom is -0.477 e. The van der Waals surface area contributed by atoms with Gasteiger partial charge in [0.1, 0.15) is 11.3 Å². The number of hydrogen-bond acceptors (Lipinski definition) is 6. The lowest BCUT2D eigenvalue weighted by Crippen LogP contribution is -2.23. The molecule has 1 N–H and O–H groups in total. The number of aromatic nitrogens is 4. The SMILES string of the molecule is c1cc2oc(-c3cnc4ccc(OCCC5CCCN5)nn34)cc2cn1. The predicted molar refractivity (Wildman–Crippen MR) is 97.1 cm³/mol. The largest absolute Gasteiger partial charge is 0.477 e. The monoisotopic (exact) mass is 349 g/mol. The second kappa shape index (κ2) is 6.42. The number of nitrogens with one attached hydrogen (secondary N) is 1. The maximum Gasteiger partial charge on any atom is 0.231 e. The van der Waals surface area contributed by atoms with Gasteiger partial charge in [-0.2, -0.15) is 0 Å². The molecule has 0 bridgehead atoms. The summed E-state index contributed by atoms with van der Waals surface area (Å²) in [6.07, 6.45) is 8.73. The van der Waals surface area contributed by atoms with Gasteiger partial charge in [0.15, 0.2) is 11.4 Å². The Morgan fingerprint density at radius 3 is 3.15 bits per heavy atom. The third kappa shape index (κ3) is 2.80. The molecule has 5 heterocycles. The number of imidazole rings is 1. The summed E-state index contributed by atoms with van der Waals surface area (Å²) in [4.78, 5) is 8.54. The molecule has 7 nitrogen and oxygen atoms in total. The van der Waals surface area contributed by atoms with E-state index in [1.54, 1.807) is 23.1 Å². The van der Waals surface area contributed by atoms with Crippen molar-refractivity contribution in [1.29, 1.82) is 0 Å². The minimum atomic E-state index is 0.562. The molecule has 0 spiro atoms. The Morgan fingerprint density at radius 2 is 2.27 bits per heavy atom. The van der Waals surface area contributed by atoms with Crippen molar-refractivity contribution < 1.29 is 9.15 Å². The average molecular weight is 349 g/mol. The van der Waals surface area contributed by atoms with E-state index in [9.17, 15) is 0 Å². The molecule has 0 radical (unpaired) electrons. The first-order chi connectivity index (χ1) is 12.9. The maximum atomic E-state index is 5.92. The molecular weight excluding hydrogens is 330 g/mol. The Morgan fingerprint density at radius 1 is 1.27 bits per heavy atom. The van der Waals surface area contributed by atoms with Crippen LogP contribution in [0.15, 0.2) is 47.3 Å². The summed E-state index contributed by atoms with van der Waals surface area (Å²) in [6.45, 7) is 1.76. The number of rotatable bonds is 5. The van der Waals surface area contributed by atoms with Crippen LogP contribution in [0.4, 0.5) is 0 Å². The summed E-state index contributed by atoms with van der Waals surface area (Å²) in [5.74, 6) is 1.30. The van der Waals surface area contributed by atoms with Crippen molar-refractivity contribution in [2.75, 3.05) is 13.2 Å². The van der Waals surface area contributed by atoms with Crippen molar-refractivity contribution in [1.82, 2.24) is 24.9 Å². The van der Waals surface area contributed by atoms with Crippen LogP contribution in [0.3, 0.4) is 0 Å². The molecule has 7 heteroatoms. The molecule has 1 saturated heterocycles. The highest BCUT2D eigenvalue weighted by Gasteiger charge is 2.15. The number of ether oxygens (including phenoxy) is 1. The average Bonchev–Trinajstić information content (AvgIpc) is 3.40. The molecular formula is C19H19N5O2. The molecule has 0 saturated carbocycles. The standard InChI is InChI=1S/C19H19N5O2/c1-2-14(21-7-1)6-9-25-19-4-3-18-22-12-15(24(18)23-19)17-10-13-11-20-8-5-16(13)26-17/h3-5,8,10-12,14,21H,1-2,6-7,9H2. The van der Waals surface area contributed by atoms with Crippen molar-refractivity contribution in [3.05, 3.63) is 42.9 Å². The predicted octanol–water partition coefficient (Wildman–Crippen LogP) is 3.06. The Kier molecular flexibility index (Phi) is 3.79. The van der Waals surface area contributed by atoms with Crippen molar-refractivity contribution >= 4 is 16.6 Å². The van der Waals surface area contributed by atoms with Gasteiger partial charge in [0.05, 0.1) is 12.8 Å². The van der Waals surface area contributed by atoms with E-state index in [2.05, 4.69) is 20.4 Å². The zero-order valence-corrected chi connectivity index (χ0v) is 14.3. The maximum absolute atomic E-state index is 5.92. The van der Waals surface area contributed by atoms with Crippen molar-refractivity contribution in [3.63, 3.8) is 0 Å². The molecule has 0 amide bonds. The molecule has 132 valence electrons. The molecule has 4 aromatic rings. The first kappa shape index (κ1) is 15.3. The number of nitrogens with zero attached hydrogens (tertiary/aromatic N) is 4. The van der Waals surface area contributed by atoms with Gasteiger partial charge >= 0.3 is 0 Å². The van der Waals surface area contributed by atoms with E-state index in [1.807, 2.05) is 24.3 Å². The number of pyridine rings is 1. The van der Waals surface area contributed by atoms with Gasteiger partial charge in [-0.1, -0.05) is 0 Å². The van der Waals surface area contributed by atoms with E-state index in [0.717, 1.165) is 35.3 Å². The fourth-order valence-electron chi connectivity index (χ4n) is 3.42. The Balaban J connectivity index is 1.41. The van der Waals surface area contributed by atoms with E-state index in [-0.39, 0.29) is 0 Å². The topological polar surface area (TPSA) is 77.5 Å².